The lowest BCUT2D eigenvalue weighted by molar-refractivity contribution is -0.142. The van der Waals surface area contributed by atoms with E-state index in [4.69, 9.17) is 9.84 Å². The quantitative estimate of drug-likeness (QED) is 0.542. The van der Waals surface area contributed by atoms with Crippen molar-refractivity contribution in [1.82, 2.24) is 14.5 Å². The second-order valence-electron chi connectivity index (χ2n) is 7.90. The van der Waals surface area contributed by atoms with E-state index in [2.05, 4.69) is 4.98 Å². The molecule has 0 aliphatic heterocycles. The lowest BCUT2D eigenvalue weighted by Gasteiger charge is -2.24. The summed E-state index contributed by atoms with van der Waals surface area (Å²) in [6, 6.07) is 14.7. The van der Waals surface area contributed by atoms with Gasteiger partial charge in [-0.15, -0.1) is 0 Å². The first-order valence-corrected chi connectivity index (χ1v) is 10.4. The van der Waals surface area contributed by atoms with Crippen LogP contribution in [0.2, 0.25) is 0 Å². The number of aromatic nitrogens is 2. The number of fused-ring (bicyclic) bond motifs is 3. The van der Waals surface area contributed by atoms with Crippen molar-refractivity contribution < 1.29 is 29.3 Å². The lowest BCUT2D eigenvalue weighted by Crippen LogP contribution is -2.44. The fraction of sp³-hybridized carbons (Fsp3) is 0.250. The van der Waals surface area contributed by atoms with Crippen molar-refractivity contribution in [3.8, 4) is 11.1 Å². The molecular weight excluding hydrogens is 426 g/mol. The third-order valence-corrected chi connectivity index (χ3v) is 5.78. The molecule has 1 heterocycles. The number of carboxylic acid groups (broad SMARTS) is 2. The van der Waals surface area contributed by atoms with Crippen LogP contribution in [0.1, 0.15) is 22.7 Å². The zero-order valence-electron chi connectivity index (χ0n) is 17.9. The summed E-state index contributed by atoms with van der Waals surface area (Å²) in [5.74, 6) is -2.38. The van der Waals surface area contributed by atoms with E-state index in [1.54, 1.807) is 0 Å². The molecule has 1 atom stereocenters. The highest BCUT2D eigenvalue weighted by atomic mass is 16.6. The monoisotopic (exact) mass is 449 g/mol. The van der Waals surface area contributed by atoms with Crippen LogP contribution in [-0.4, -0.2) is 62.4 Å². The molecule has 9 heteroatoms. The molecule has 0 bridgehead atoms. The Morgan fingerprint density at radius 3 is 2.24 bits per heavy atom. The SMILES string of the molecule is CN(C(=O)OCC1c2ccccc2-c2ccccc21)[C@@H](Cc1cn(CC(=O)O)cn1)C(=O)O. The van der Waals surface area contributed by atoms with Crippen LogP contribution in [0.15, 0.2) is 61.1 Å². The Morgan fingerprint density at radius 1 is 1.06 bits per heavy atom. The van der Waals surface area contributed by atoms with Gasteiger partial charge in [-0.2, -0.15) is 0 Å². The molecule has 170 valence electrons. The molecule has 2 N–H and O–H groups in total. The van der Waals surface area contributed by atoms with E-state index in [1.807, 2.05) is 48.5 Å². The Balaban J connectivity index is 1.44. The van der Waals surface area contributed by atoms with Crippen molar-refractivity contribution in [1.29, 1.82) is 0 Å². The molecule has 1 aliphatic carbocycles. The number of likely N-dealkylation sites (N-methyl/N-ethyl adjacent to an activating group) is 1. The van der Waals surface area contributed by atoms with Crippen LogP contribution >= 0.6 is 0 Å². The van der Waals surface area contributed by atoms with Gasteiger partial charge in [0.1, 0.15) is 19.2 Å². The highest BCUT2D eigenvalue weighted by Crippen LogP contribution is 2.44. The fourth-order valence-electron chi connectivity index (χ4n) is 4.17. The van der Waals surface area contributed by atoms with E-state index in [-0.39, 0.29) is 25.5 Å². The maximum Gasteiger partial charge on any atom is 0.410 e. The number of carbonyl (C=O) groups is 3. The van der Waals surface area contributed by atoms with Crippen molar-refractivity contribution in [3.63, 3.8) is 0 Å². The highest BCUT2D eigenvalue weighted by Gasteiger charge is 2.32. The van der Waals surface area contributed by atoms with Gasteiger partial charge in [0, 0.05) is 25.6 Å². The molecule has 33 heavy (non-hydrogen) atoms. The standard InChI is InChI=1S/C24H23N3O6/c1-26(21(23(30)31)10-15-11-27(14-25-15)12-22(28)29)24(32)33-13-20-18-8-4-2-6-16(18)17-7-3-5-9-19(17)20/h2-9,11,14,20-21H,10,12-13H2,1H3,(H,28,29)(H,30,31)/t21-/m0/s1. The number of imidazole rings is 1. The summed E-state index contributed by atoms with van der Waals surface area (Å²) in [6.45, 7) is -0.205. The zero-order chi connectivity index (χ0) is 23.5. The molecule has 2 aromatic carbocycles. The van der Waals surface area contributed by atoms with Gasteiger partial charge < -0.3 is 19.5 Å². The molecule has 0 unspecified atom stereocenters. The number of aliphatic carboxylic acids is 2. The first-order valence-electron chi connectivity index (χ1n) is 10.4. The first-order chi connectivity index (χ1) is 15.8. The molecule has 0 saturated carbocycles. The third-order valence-electron chi connectivity index (χ3n) is 5.78. The molecule has 4 rings (SSSR count). The molecule has 3 aromatic rings. The molecule has 9 nitrogen and oxygen atoms in total. The molecule has 0 spiro atoms. The van der Waals surface area contributed by atoms with E-state index < -0.39 is 24.1 Å². The average molecular weight is 449 g/mol. The van der Waals surface area contributed by atoms with Crippen molar-refractivity contribution in [2.24, 2.45) is 0 Å². The minimum atomic E-state index is -1.21. The summed E-state index contributed by atoms with van der Waals surface area (Å²) in [6.07, 6.45) is 1.93. The van der Waals surface area contributed by atoms with Gasteiger partial charge in [-0.25, -0.2) is 14.6 Å². The number of ether oxygens (including phenoxy) is 1. The fourth-order valence-corrected chi connectivity index (χ4v) is 4.17. The van der Waals surface area contributed by atoms with E-state index in [9.17, 15) is 19.5 Å². The van der Waals surface area contributed by atoms with Crippen LogP contribution in [0.4, 0.5) is 4.79 Å². The number of hydrogen-bond donors (Lipinski definition) is 2. The molecule has 1 amide bonds. The first kappa shape index (κ1) is 22.1. The number of carboxylic acids is 2. The van der Waals surface area contributed by atoms with Crippen LogP contribution in [0.3, 0.4) is 0 Å². The minimum Gasteiger partial charge on any atom is -0.480 e. The van der Waals surface area contributed by atoms with Crippen LogP contribution in [0.25, 0.3) is 11.1 Å². The Labute approximate surface area is 189 Å². The van der Waals surface area contributed by atoms with Crippen LogP contribution in [0.5, 0.6) is 0 Å². The summed E-state index contributed by atoms with van der Waals surface area (Å²) >= 11 is 0. The van der Waals surface area contributed by atoms with Crippen LogP contribution in [0, 0.1) is 0 Å². The third kappa shape index (κ3) is 4.57. The average Bonchev–Trinajstić information content (AvgIpc) is 3.36. The van der Waals surface area contributed by atoms with Gasteiger partial charge in [-0.1, -0.05) is 48.5 Å². The second kappa shape index (κ2) is 9.15. The van der Waals surface area contributed by atoms with Crippen LogP contribution < -0.4 is 0 Å². The second-order valence-corrected chi connectivity index (χ2v) is 7.90. The molecular formula is C24H23N3O6. The van der Waals surface area contributed by atoms with Gasteiger partial charge in [-0.3, -0.25) is 9.69 Å². The summed E-state index contributed by atoms with van der Waals surface area (Å²) in [4.78, 5) is 40.5. The topological polar surface area (TPSA) is 122 Å². The Morgan fingerprint density at radius 2 is 1.67 bits per heavy atom. The van der Waals surface area contributed by atoms with Gasteiger partial charge in [0.2, 0.25) is 0 Å². The van der Waals surface area contributed by atoms with Gasteiger partial charge >= 0.3 is 18.0 Å². The number of benzene rings is 2. The minimum absolute atomic E-state index is 0.0801. The molecule has 0 radical (unpaired) electrons. The Bertz CT molecular complexity index is 1160. The number of carbonyl (C=O) groups excluding carboxylic acids is 1. The molecule has 0 fully saturated rings. The van der Waals surface area contributed by atoms with E-state index in [1.165, 1.54) is 24.1 Å². The predicted octanol–water partition coefficient (Wildman–Crippen LogP) is 2.84. The summed E-state index contributed by atoms with van der Waals surface area (Å²) in [7, 11) is 1.37. The largest absolute Gasteiger partial charge is 0.480 e. The zero-order valence-corrected chi connectivity index (χ0v) is 17.9. The smallest absolute Gasteiger partial charge is 0.410 e. The highest BCUT2D eigenvalue weighted by molar-refractivity contribution is 5.81. The number of amides is 1. The van der Waals surface area contributed by atoms with Gasteiger partial charge in [-0.05, 0) is 22.3 Å². The summed E-state index contributed by atoms with van der Waals surface area (Å²) in [5.41, 5.74) is 4.69. The molecule has 0 saturated heterocycles. The van der Waals surface area contributed by atoms with Crippen molar-refractivity contribution in [3.05, 3.63) is 77.9 Å². The van der Waals surface area contributed by atoms with Crippen LogP contribution in [-0.2, 0) is 27.3 Å². The number of nitrogens with zero attached hydrogens (tertiary/aromatic N) is 3. The lowest BCUT2D eigenvalue weighted by atomic mass is 9.98. The predicted molar refractivity (Wildman–Crippen MR) is 118 cm³/mol. The number of hydrogen-bond acceptors (Lipinski definition) is 5. The molecule has 1 aliphatic rings. The maximum absolute atomic E-state index is 12.7. The van der Waals surface area contributed by atoms with Gasteiger partial charge in [0.25, 0.3) is 0 Å². The maximum atomic E-state index is 12.7. The normalized spacial score (nSPS) is 13.1. The van der Waals surface area contributed by atoms with Crippen molar-refractivity contribution in [2.75, 3.05) is 13.7 Å². The van der Waals surface area contributed by atoms with Crippen molar-refractivity contribution >= 4 is 18.0 Å². The number of rotatable bonds is 8. The van der Waals surface area contributed by atoms with Gasteiger partial charge in [0.05, 0.1) is 12.0 Å². The van der Waals surface area contributed by atoms with E-state index >= 15 is 0 Å². The Hall–Kier alpha value is -4.14. The summed E-state index contributed by atoms with van der Waals surface area (Å²) < 4.78 is 6.89. The van der Waals surface area contributed by atoms with E-state index in [0.717, 1.165) is 27.2 Å². The van der Waals surface area contributed by atoms with Crippen molar-refractivity contribution in [2.45, 2.75) is 24.9 Å². The van der Waals surface area contributed by atoms with E-state index in [0.29, 0.717) is 5.69 Å². The summed E-state index contributed by atoms with van der Waals surface area (Å²) in [5, 5.41) is 18.5. The Kier molecular flexibility index (Phi) is 6.12. The molecule has 1 aromatic heterocycles. The van der Waals surface area contributed by atoms with Gasteiger partial charge in [0.15, 0.2) is 0 Å².